The molecule has 6 heteroatoms. The fourth-order valence-corrected chi connectivity index (χ4v) is 3.12. The van der Waals surface area contributed by atoms with E-state index in [1.165, 1.54) is 0 Å². The van der Waals surface area contributed by atoms with Crippen LogP contribution < -0.4 is 10.1 Å². The van der Waals surface area contributed by atoms with E-state index in [1.807, 2.05) is 24.4 Å². The number of amides is 1. The molecule has 6 nitrogen and oxygen atoms in total. The summed E-state index contributed by atoms with van der Waals surface area (Å²) in [5.74, 6) is 0.738. The number of nitrogens with zero attached hydrogens (tertiary/aromatic N) is 3. The first-order chi connectivity index (χ1) is 12.7. The molecule has 0 bridgehead atoms. The molecule has 1 amide bonds. The zero-order valence-electron chi connectivity index (χ0n) is 15.2. The average Bonchev–Trinajstić information content (AvgIpc) is 3.08. The molecule has 2 aromatic heterocycles. The summed E-state index contributed by atoms with van der Waals surface area (Å²) in [4.78, 5) is 22.9. The lowest BCUT2D eigenvalue weighted by molar-refractivity contribution is -0.121. The third kappa shape index (κ3) is 5.52. The van der Waals surface area contributed by atoms with Crippen molar-refractivity contribution in [2.75, 3.05) is 19.7 Å². The fourth-order valence-electron chi connectivity index (χ4n) is 3.12. The molecule has 26 heavy (non-hydrogen) atoms. The lowest BCUT2D eigenvalue weighted by Crippen LogP contribution is -2.37. The number of carbonyl (C=O) groups is 1. The van der Waals surface area contributed by atoms with Gasteiger partial charge in [-0.1, -0.05) is 19.1 Å². The lowest BCUT2D eigenvalue weighted by atomic mass is 10.2. The van der Waals surface area contributed by atoms with Gasteiger partial charge in [0.2, 0.25) is 11.8 Å². The van der Waals surface area contributed by atoms with Crippen molar-refractivity contribution in [2.45, 2.75) is 38.8 Å². The van der Waals surface area contributed by atoms with Gasteiger partial charge in [-0.2, -0.15) is 0 Å². The van der Waals surface area contributed by atoms with E-state index in [0.29, 0.717) is 18.9 Å². The van der Waals surface area contributed by atoms with Gasteiger partial charge in [-0.3, -0.25) is 14.7 Å². The highest BCUT2D eigenvalue weighted by Gasteiger charge is 2.23. The zero-order valence-corrected chi connectivity index (χ0v) is 15.2. The van der Waals surface area contributed by atoms with E-state index < -0.39 is 0 Å². The van der Waals surface area contributed by atoms with Gasteiger partial charge >= 0.3 is 0 Å². The molecule has 0 radical (unpaired) electrons. The van der Waals surface area contributed by atoms with Gasteiger partial charge in [0.25, 0.3) is 0 Å². The molecule has 3 rings (SSSR count). The molecule has 1 aliphatic rings. The van der Waals surface area contributed by atoms with Crippen molar-refractivity contribution in [3.8, 4) is 5.88 Å². The van der Waals surface area contributed by atoms with Gasteiger partial charge in [0.05, 0.1) is 13.0 Å². The quantitative estimate of drug-likeness (QED) is 0.787. The summed E-state index contributed by atoms with van der Waals surface area (Å²) in [7, 11) is 0. The van der Waals surface area contributed by atoms with E-state index in [-0.39, 0.29) is 11.9 Å². The molecular weight excluding hydrogens is 328 g/mol. The maximum absolute atomic E-state index is 12.2. The van der Waals surface area contributed by atoms with Crippen LogP contribution in [0.5, 0.6) is 5.88 Å². The molecule has 1 saturated heterocycles. The van der Waals surface area contributed by atoms with Crippen molar-refractivity contribution >= 4 is 5.91 Å². The van der Waals surface area contributed by atoms with Crippen LogP contribution in [0.2, 0.25) is 0 Å². The van der Waals surface area contributed by atoms with Crippen LogP contribution in [0.3, 0.4) is 0 Å². The van der Waals surface area contributed by atoms with E-state index in [4.69, 9.17) is 4.74 Å². The number of rotatable bonds is 8. The molecule has 0 unspecified atom stereocenters. The Balaban J connectivity index is 1.42. The largest absolute Gasteiger partial charge is 0.478 e. The standard InChI is InChI=1S/C20H26N4O2/c1-2-10-26-20-6-5-17(13-22-20)14-24-9-7-18(15-24)23-19(25)11-16-4-3-8-21-12-16/h3-6,8,12-13,18H,2,7,9-11,14-15H2,1H3,(H,23,25)/t18-/m0/s1. The minimum atomic E-state index is 0.0592. The number of ether oxygens (including phenoxy) is 1. The van der Waals surface area contributed by atoms with Crippen LogP contribution in [0.4, 0.5) is 0 Å². The van der Waals surface area contributed by atoms with Gasteiger partial charge in [-0.15, -0.1) is 0 Å². The van der Waals surface area contributed by atoms with Crippen LogP contribution >= 0.6 is 0 Å². The monoisotopic (exact) mass is 354 g/mol. The van der Waals surface area contributed by atoms with Crippen LogP contribution in [-0.2, 0) is 17.8 Å². The van der Waals surface area contributed by atoms with E-state index in [9.17, 15) is 4.79 Å². The van der Waals surface area contributed by atoms with Crippen LogP contribution in [0, 0.1) is 0 Å². The smallest absolute Gasteiger partial charge is 0.224 e. The number of hydrogen-bond donors (Lipinski definition) is 1. The molecule has 138 valence electrons. The molecule has 0 aliphatic carbocycles. The van der Waals surface area contributed by atoms with Gasteiger partial charge in [0.15, 0.2) is 0 Å². The van der Waals surface area contributed by atoms with Crippen LogP contribution in [0.25, 0.3) is 0 Å². The highest BCUT2D eigenvalue weighted by Crippen LogP contribution is 2.15. The normalized spacial score (nSPS) is 17.2. The first-order valence-electron chi connectivity index (χ1n) is 9.21. The van der Waals surface area contributed by atoms with E-state index >= 15 is 0 Å². The van der Waals surface area contributed by atoms with Crippen molar-refractivity contribution in [3.05, 3.63) is 54.0 Å². The molecule has 1 N–H and O–H groups in total. The summed E-state index contributed by atoms with van der Waals surface area (Å²) in [5.41, 5.74) is 2.10. The van der Waals surface area contributed by atoms with E-state index in [1.54, 1.807) is 12.4 Å². The predicted octanol–water partition coefficient (Wildman–Crippen LogP) is 2.20. The first-order valence-corrected chi connectivity index (χ1v) is 9.21. The minimum absolute atomic E-state index is 0.0592. The molecule has 0 saturated carbocycles. The van der Waals surface area contributed by atoms with Crippen molar-refractivity contribution < 1.29 is 9.53 Å². The maximum atomic E-state index is 12.2. The third-order valence-corrected chi connectivity index (χ3v) is 4.38. The SMILES string of the molecule is CCCOc1ccc(CN2CC[C@H](NC(=O)Cc3cccnc3)C2)cn1. The summed E-state index contributed by atoms with van der Waals surface area (Å²) in [6, 6.07) is 7.97. The van der Waals surface area contributed by atoms with Gasteiger partial charge in [-0.25, -0.2) is 4.98 Å². The average molecular weight is 354 g/mol. The van der Waals surface area contributed by atoms with Crippen LogP contribution in [-0.4, -0.2) is 46.5 Å². The zero-order chi connectivity index (χ0) is 18.2. The summed E-state index contributed by atoms with van der Waals surface area (Å²) in [5, 5.41) is 3.13. The Labute approximate surface area is 154 Å². The number of pyridine rings is 2. The molecule has 3 heterocycles. The lowest BCUT2D eigenvalue weighted by Gasteiger charge is -2.17. The van der Waals surface area contributed by atoms with Gasteiger partial charge in [0.1, 0.15) is 0 Å². The maximum Gasteiger partial charge on any atom is 0.224 e. The molecule has 1 fully saturated rings. The van der Waals surface area contributed by atoms with Crippen molar-refractivity contribution in [3.63, 3.8) is 0 Å². The molecule has 0 spiro atoms. The second kappa shape index (κ2) is 9.29. The molecule has 1 atom stereocenters. The third-order valence-electron chi connectivity index (χ3n) is 4.38. The Morgan fingerprint density at radius 2 is 2.23 bits per heavy atom. The Morgan fingerprint density at radius 3 is 2.96 bits per heavy atom. The molecule has 2 aromatic rings. The van der Waals surface area contributed by atoms with Gasteiger partial charge < -0.3 is 10.1 Å². The fraction of sp³-hybridized carbons (Fsp3) is 0.450. The molecular formula is C20H26N4O2. The topological polar surface area (TPSA) is 67.3 Å². The Bertz CT molecular complexity index is 691. The predicted molar refractivity (Wildman–Crippen MR) is 99.8 cm³/mol. The molecule has 1 aliphatic heterocycles. The highest BCUT2D eigenvalue weighted by molar-refractivity contribution is 5.78. The van der Waals surface area contributed by atoms with E-state index in [2.05, 4.69) is 33.2 Å². The number of carbonyl (C=O) groups excluding carboxylic acids is 1. The first kappa shape index (κ1) is 18.3. The van der Waals surface area contributed by atoms with Crippen LogP contribution in [0.15, 0.2) is 42.9 Å². The number of likely N-dealkylation sites (tertiary alicyclic amines) is 1. The molecule has 0 aromatic carbocycles. The van der Waals surface area contributed by atoms with Crippen molar-refractivity contribution in [1.82, 2.24) is 20.2 Å². The number of aromatic nitrogens is 2. The second-order valence-corrected chi connectivity index (χ2v) is 6.68. The van der Waals surface area contributed by atoms with Crippen LogP contribution in [0.1, 0.15) is 30.9 Å². The number of hydrogen-bond acceptors (Lipinski definition) is 5. The summed E-state index contributed by atoms with van der Waals surface area (Å²) >= 11 is 0. The summed E-state index contributed by atoms with van der Waals surface area (Å²) in [6.45, 7) is 5.46. The van der Waals surface area contributed by atoms with Gasteiger partial charge in [-0.05, 0) is 30.0 Å². The Hall–Kier alpha value is -2.47. The van der Waals surface area contributed by atoms with Crippen molar-refractivity contribution in [2.24, 2.45) is 0 Å². The minimum Gasteiger partial charge on any atom is -0.478 e. The number of nitrogens with one attached hydrogen (secondary N) is 1. The summed E-state index contributed by atoms with van der Waals surface area (Å²) in [6.07, 6.45) is 7.66. The van der Waals surface area contributed by atoms with Gasteiger partial charge in [0, 0.05) is 50.3 Å². The van der Waals surface area contributed by atoms with E-state index in [0.717, 1.165) is 43.6 Å². The second-order valence-electron chi connectivity index (χ2n) is 6.68. The highest BCUT2D eigenvalue weighted by atomic mass is 16.5. The summed E-state index contributed by atoms with van der Waals surface area (Å²) < 4.78 is 5.51. The Kier molecular flexibility index (Phi) is 6.55. The van der Waals surface area contributed by atoms with Crippen molar-refractivity contribution in [1.29, 1.82) is 0 Å². The Morgan fingerprint density at radius 1 is 1.31 bits per heavy atom.